The zero-order chi connectivity index (χ0) is 21.8. The Morgan fingerprint density at radius 2 is 1.69 bits per heavy atom. The monoisotopic (exact) mass is 395 g/mol. The quantitative estimate of drug-likeness (QED) is 0.472. The maximum absolute atomic E-state index is 12.5. The van der Waals surface area contributed by atoms with E-state index in [1.54, 1.807) is 24.3 Å². The molecule has 2 rings (SSSR count). The molecule has 0 N–H and O–H groups in total. The number of rotatable bonds is 9. The number of carbonyl (C=O) groups is 2. The van der Waals surface area contributed by atoms with E-state index in [1.165, 1.54) is 12.8 Å². The maximum Gasteiger partial charge on any atom is 0.209 e. The molecule has 5 nitrogen and oxygen atoms in total. The van der Waals surface area contributed by atoms with E-state index in [2.05, 4.69) is 26.0 Å². The van der Waals surface area contributed by atoms with Crippen LogP contribution < -0.4 is 5.11 Å². The number of nitriles is 1. The molecule has 5 heteroatoms. The van der Waals surface area contributed by atoms with E-state index in [0.29, 0.717) is 11.1 Å². The number of aryl methyl sites for hydroxylation is 2. The molecule has 29 heavy (non-hydrogen) atoms. The lowest BCUT2D eigenvalue weighted by molar-refractivity contribution is -0.305. The Morgan fingerprint density at radius 3 is 2.17 bits per heavy atom. The molecule has 0 radical (unpaired) electrons. The molecule has 1 aromatic heterocycles. The highest BCUT2D eigenvalue weighted by atomic mass is 16.4. The molecule has 1 aromatic carbocycles. The summed E-state index contributed by atoms with van der Waals surface area (Å²) in [6.07, 6.45) is 6.51. The lowest BCUT2D eigenvalue weighted by atomic mass is 10.0. The first-order valence-corrected chi connectivity index (χ1v) is 10.3. The summed E-state index contributed by atoms with van der Waals surface area (Å²) < 4.78 is 1.95. The van der Waals surface area contributed by atoms with Crippen LogP contribution in [0.5, 0.6) is 0 Å². The summed E-state index contributed by atoms with van der Waals surface area (Å²) in [4.78, 5) is 22.4. The molecular weight excluding hydrogens is 364 g/mol. The number of carboxylic acid groups (broad SMARTS) is 1. The van der Waals surface area contributed by atoms with Crippen LogP contribution in [-0.2, 0) is 18.3 Å². The van der Waals surface area contributed by atoms with Gasteiger partial charge in [0.15, 0.2) is 0 Å². The molecule has 0 atom stereocenters. The van der Waals surface area contributed by atoms with Crippen LogP contribution in [-0.4, -0.2) is 16.3 Å². The SMILES string of the molecule is CCCCCCCC(=O)[O-].CCc1cc(C)c(C(=O)c2ccc(C#N)cc2)n1C. The predicted octanol–water partition coefficient (Wildman–Crippen LogP) is 4.10. The van der Waals surface area contributed by atoms with Gasteiger partial charge in [-0.15, -0.1) is 0 Å². The number of benzene rings is 1. The van der Waals surface area contributed by atoms with Gasteiger partial charge in [-0.1, -0.05) is 39.5 Å². The average molecular weight is 396 g/mol. The van der Waals surface area contributed by atoms with E-state index >= 15 is 0 Å². The number of hydrogen-bond donors (Lipinski definition) is 0. The largest absolute Gasteiger partial charge is 0.550 e. The van der Waals surface area contributed by atoms with Gasteiger partial charge in [-0.05, 0) is 62.1 Å². The fraction of sp³-hybridized carbons (Fsp3) is 0.458. The number of carboxylic acids is 1. The van der Waals surface area contributed by atoms with E-state index in [4.69, 9.17) is 5.26 Å². The molecule has 1 heterocycles. The molecule has 0 fully saturated rings. The van der Waals surface area contributed by atoms with Crippen molar-refractivity contribution in [2.75, 3.05) is 0 Å². The lowest BCUT2D eigenvalue weighted by Crippen LogP contribution is -2.21. The molecule has 2 aromatic rings. The number of aliphatic carboxylic acids is 1. The van der Waals surface area contributed by atoms with Crippen molar-refractivity contribution < 1.29 is 14.7 Å². The van der Waals surface area contributed by atoms with Gasteiger partial charge in [0.1, 0.15) is 0 Å². The van der Waals surface area contributed by atoms with Gasteiger partial charge in [0.2, 0.25) is 5.78 Å². The van der Waals surface area contributed by atoms with Gasteiger partial charge in [0, 0.05) is 24.3 Å². The highest BCUT2D eigenvalue weighted by Gasteiger charge is 2.17. The summed E-state index contributed by atoms with van der Waals surface area (Å²) in [6.45, 7) is 6.17. The summed E-state index contributed by atoms with van der Waals surface area (Å²) in [5.41, 5.74) is 4.05. The van der Waals surface area contributed by atoms with Crippen LogP contribution in [0.4, 0.5) is 0 Å². The summed E-state index contributed by atoms with van der Waals surface area (Å²) in [7, 11) is 1.92. The van der Waals surface area contributed by atoms with Gasteiger partial charge in [-0.2, -0.15) is 5.26 Å². The van der Waals surface area contributed by atoms with Crippen molar-refractivity contribution in [1.29, 1.82) is 5.26 Å². The van der Waals surface area contributed by atoms with Crippen molar-refractivity contribution in [2.45, 2.75) is 65.7 Å². The fourth-order valence-electron chi connectivity index (χ4n) is 3.20. The molecule has 0 bridgehead atoms. The van der Waals surface area contributed by atoms with Crippen LogP contribution in [0.3, 0.4) is 0 Å². The first kappa shape index (κ1) is 24.2. The first-order chi connectivity index (χ1) is 13.8. The molecule has 0 unspecified atom stereocenters. The van der Waals surface area contributed by atoms with Crippen molar-refractivity contribution in [3.05, 3.63) is 58.4 Å². The Balaban J connectivity index is 0.000000359. The van der Waals surface area contributed by atoms with Gasteiger partial charge in [-0.25, -0.2) is 0 Å². The summed E-state index contributed by atoms with van der Waals surface area (Å²) in [6, 6.07) is 10.9. The molecular formula is C24H31N2O3-. The fourth-order valence-corrected chi connectivity index (χ4v) is 3.20. The van der Waals surface area contributed by atoms with Crippen LogP contribution in [0, 0.1) is 18.3 Å². The summed E-state index contributed by atoms with van der Waals surface area (Å²) >= 11 is 0. The van der Waals surface area contributed by atoms with Crippen molar-refractivity contribution in [1.82, 2.24) is 4.57 Å². The number of unbranched alkanes of at least 4 members (excludes halogenated alkanes) is 4. The van der Waals surface area contributed by atoms with Gasteiger partial charge < -0.3 is 14.5 Å². The minimum Gasteiger partial charge on any atom is -0.550 e. The van der Waals surface area contributed by atoms with Gasteiger partial charge in [-0.3, -0.25) is 4.79 Å². The summed E-state index contributed by atoms with van der Waals surface area (Å²) in [5, 5.41) is 18.7. The van der Waals surface area contributed by atoms with Crippen LogP contribution in [0.25, 0.3) is 0 Å². The third-order valence-electron chi connectivity index (χ3n) is 4.86. The third kappa shape index (κ3) is 7.57. The Bertz CT molecular complexity index is 842. The second-order valence-electron chi connectivity index (χ2n) is 7.13. The molecule has 0 amide bonds. The molecule has 0 saturated carbocycles. The molecule has 156 valence electrons. The number of aromatic nitrogens is 1. The zero-order valence-corrected chi connectivity index (χ0v) is 18.0. The van der Waals surface area contributed by atoms with Gasteiger partial charge in [0.25, 0.3) is 0 Å². The lowest BCUT2D eigenvalue weighted by Gasteiger charge is -2.07. The second kappa shape index (κ2) is 12.6. The number of ketones is 1. The van der Waals surface area contributed by atoms with E-state index in [0.717, 1.165) is 42.6 Å². The predicted molar refractivity (Wildman–Crippen MR) is 113 cm³/mol. The molecule has 0 aliphatic rings. The Kier molecular flexibility index (Phi) is 10.5. The first-order valence-electron chi connectivity index (χ1n) is 10.3. The number of carbonyl (C=O) groups excluding carboxylic acids is 2. The highest BCUT2D eigenvalue weighted by molar-refractivity contribution is 6.09. The minimum absolute atomic E-state index is 0.00388. The smallest absolute Gasteiger partial charge is 0.209 e. The average Bonchev–Trinajstić information content (AvgIpc) is 3.01. The van der Waals surface area contributed by atoms with E-state index in [1.807, 2.05) is 18.5 Å². The normalized spacial score (nSPS) is 10.0. The minimum atomic E-state index is -0.920. The standard InChI is InChI=1S/C16H16N2O.C8H16O2/c1-4-14-9-11(2)15(18(14)3)16(19)13-7-5-12(10-17)6-8-13;1-2-3-4-5-6-7-8(9)10/h5-9H,4H2,1-3H3;2-7H2,1H3,(H,9,10)/p-1. The molecule has 0 aliphatic heterocycles. The Hall–Kier alpha value is -2.87. The van der Waals surface area contributed by atoms with E-state index in [9.17, 15) is 14.7 Å². The van der Waals surface area contributed by atoms with Crippen LogP contribution >= 0.6 is 0 Å². The zero-order valence-electron chi connectivity index (χ0n) is 18.0. The van der Waals surface area contributed by atoms with Crippen molar-refractivity contribution in [3.8, 4) is 6.07 Å². The van der Waals surface area contributed by atoms with Crippen molar-refractivity contribution in [3.63, 3.8) is 0 Å². The van der Waals surface area contributed by atoms with Gasteiger partial charge in [0.05, 0.1) is 17.3 Å². The van der Waals surface area contributed by atoms with Crippen LogP contribution in [0.15, 0.2) is 30.3 Å². The van der Waals surface area contributed by atoms with Crippen molar-refractivity contribution >= 4 is 11.8 Å². The second-order valence-corrected chi connectivity index (χ2v) is 7.13. The van der Waals surface area contributed by atoms with Gasteiger partial charge >= 0.3 is 0 Å². The number of nitrogens with zero attached hydrogens (tertiary/aromatic N) is 2. The number of hydrogen-bond acceptors (Lipinski definition) is 4. The third-order valence-corrected chi connectivity index (χ3v) is 4.86. The Labute approximate surface area is 174 Å². The topological polar surface area (TPSA) is 85.9 Å². The molecule has 0 aliphatic carbocycles. The van der Waals surface area contributed by atoms with Crippen LogP contribution in [0.2, 0.25) is 0 Å². The Morgan fingerprint density at radius 1 is 1.07 bits per heavy atom. The van der Waals surface area contributed by atoms with E-state index in [-0.39, 0.29) is 12.2 Å². The van der Waals surface area contributed by atoms with Crippen LogP contribution in [0.1, 0.15) is 85.2 Å². The molecule has 0 spiro atoms. The van der Waals surface area contributed by atoms with Crippen molar-refractivity contribution in [2.24, 2.45) is 7.05 Å². The van der Waals surface area contributed by atoms with E-state index < -0.39 is 5.97 Å². The maximum atomic E-state index is 12.5. The molecule has 0 saturated heterocycles. The summed E-state index contributed by atoms with van der Waals surface area (Å²) in [5.74, 6) is -0.916. The highest BCUT2D eigenvalue weighted by Crippen LogP contribution is 2.19.